The van der Waals surface area contributed by atoms with E-state index in [9.17, 15) is 9.59 Å². The van der Waals surface area contributed by atoms with Crippen molar-refractivity contribution in [2.45, 2.75) is 39.3 Å². The number of thiazole rings is 1. The molecule has 1 aliphatic heterocycles. The Morgan fingerprint density at radius 2 is 1.78 bits per heavy atom. The summed E-state index contributed by atoms with van der Waals surface area (Å²) in [6.45, 7) is 4.53. The molecule has 10 heteroatoms. The van der Waals surface area contributed by atoms with Crippen LogP contribution in [0.1, 0.15) is 49.4 Å². The van der Waals surface area contributed by atoms with E-state index in [2.05, 4.69) is 4.57 Å². The number of allylic oxidation sites excluding steroid dienone is 1. The monoisotopic (exact) mass is 709 g/mol. The maximum absolute atomic E-state index is 14.7. The van der Waals surface area contributed by atoms with Crippen LogP contribution in [0.2, 0.25) is 10.0 Å². The first-order valence-electron chi connectivity index (χ1n) is 16.1. The van der Waals surface area contributed by atoms with E-state index >= 15 is 0 Å². The number of para-hydroxylation sites is 1. The molecule has 0 amide bonds. The van der Waals surface area contributed by atoms with E-state index in [1.165, 1.54) is 11.3 Å². The molecule has 0 radical (unpaired) electrons. The second kappa shape index (κ2) is 13.7. The van der Waals surface area contributed by atoms with Gasteiger partial charge in [0.25, 0.3) is 5.56 Å². The summed E-state index contributed by atoms with van der Waals surface area (Å²) in [5, 5.41) is 4.00. The molecule has 0 saturated heterocycles. The third-order valence-electron chi connectivity index (χ3n) is 8.78. The van der Waals surface area contributed by atoms with Gasteiger partial charge >= 0.3 is 5.97 Å². The molecule has 0 aliphatic carbocycles. The molecule has 1 unspecified atom stereocenters. The van der Waals surface area contributed by atoms with E-state index < -0.39 is 12.0 Å². The maximum atomic E-state index is 14.7. The van der Waals surface area contributed by atoms with Gasteiger partial charge in [0.1, 0.15) is 11.8 Å². The third-order valence-corrected chi connectivity index (χ3v) is 10.3. The zero-order valence-corrected chi connectivity index (χ0v) is 29.5. The van der Waals surface area contributed by atoms with Crippen molar-refractivity contribution in [2.75, 3.05) is 13.7 Å². The molecular weight excluding hydrogens is 677 g/mol. The van der Waals surface area contributed by atoms with Crippen molar-refractivity contribution >= 4 is 68.3 Å². The molecule has 1 aliphatic rings. The molecule has 0 fully saturated rings. The van der Waals surface area contributed by atoms with E-state index in [0.717, 1.165) is 44.8 Å². The van der Waals surface area contributed by atoms with Gasteiger partial charge in [-0.25, -0.2) is 9.79 Å². The number of carbonyl (C=O) groups excluding carboxylic acids is 1. The molecule has 4 aromatic carbocycles. The summed E-state index contributed by atoms with van der Waals surface area (Å²) in [5.74, 6) is 0.0784. The molecular formula is C39H33Cl2N3O4S. The summed E-state index contributed by atoms with van der Waals surface area (Å²) in [6, 6.07) is 24.5. The molecule has 3 heterocycles. The SMILES string of the molecule is CCCC1=C(C(=O)OCC)C(c2c(OC)ccc3ccccc23)n2c(s/c(=C/c3cn(Cc4ccc(Cl)cc4Cl)c4ccccc34)c2=O)=N1. The highest BCUT2D eigenvalue weighted by Gasteiger charge is 2.37. The van der Waals surface area contributed by atoms with Crippen LogP contribution in [0.4, 0.5) is 0 Å². The predicted octanol–water partition coefficient (Wildman–Crippen LogP) is 8.05. The number of fused-ring (bicyclic) bond motifs is 3. The van der Waals surface area contributed by atoms with Crippen molar-refractivity contribution in [3.05, 3.63) is 143 Å². The second-order valence-corrected chi connectivity index (χ2v) is 13.6. The minimum atomic E-state index is -0.812. The Morgan fingerprint density at radius 3 is 2.53 bits per heavy atom. The number of hydrogen-bond acceptors (Lipinski definition) is 6. The van der Waals surface area contributed by atoms with Crippen LogP contribution in [-0.2, 0) is 16.1 Å². The fourth-order valence-corrected chi connectivity index (χ4v) is 8.10. The second-order valence-electron chi connectivity index (χ2n) is 11.8. The number of methoxy groups -OCH3 is 1. The minimum Gasteiger partial charge on any atom is -0.496 e. The summed E-state index contributed by atoms with van der Waals surface area (Å²) in [6.07, 6.45) is 5.25. The van der Waals surface area contributed by atoms with Gasteiger partial charge in [-0.2, -0.15) is 0 Å². The number of aromatic nitrogens is 2. The van der Waals surface area contributed by atoms with Crippen molar-refractivity contribution in [1.82, 2.24) is 9.13 Å². The lowest BCUT2D eigenvalue weighted by Crippen LogP contribution is -2.40. The van der Waals surface area contributed by atoms with E-state index in [-0.39, 0.29) is 12.2 Å². The normalized spacial score (nSPS) is 14.7. The Kier molecular flexibility index (Phi) is 9.20. The maximum Gasteiger partial charge on any atom is 0.338 e. The lowest BCUT2D eigenvalue weighted by Gasteiger charge is -2.28. The molecule has 2 aromatic heterocycles. The Balaban J connectivity index is 1.47. The average molecular weight is 711 g/mol. The molecule has 0 bridgehead atoms. The van der Waals surface area contributed by atoms with Gasteiger partial charge < -0.3 is 14.0 Å². The van der Waals surface area contributed by atoms with Gasteiger partial charge in [0.2, 0.25) is 0 Å². The molecule has 7 nitrogen and oxygen atoms in total. The quantitative estimate of drug-likeness (QED) is 0.142. The number of nitrogens with zero attached hydrogens (tertiary/aromatic N) is 3. The Bertz CT molecular complexity index is 2480. The zero-order valence-electron chi connectivity index (χ0n) is 27.2. The van der Waals surface area contributed by atoms with Gasteiger partial charge in [-0.15, -0.1) is 0 Å². The van der Waals surface area contributed by atoms with Gasteiger partial charge in [-0.1, -0.05) is 102 Å². The molecule has 6 aromatic rings. The van der Waals surface area contributed by atoms with Crippen LogP contribution < -0.4 is 19.6 Å². The summed E-state index contributed by atoms with van der Waals surface area (Å²) in [5.41, 5.74) is 4.25. The fraction of sp³-hybridized carbons (Fsp3) is 0.205. The van der Waals surface area contributed by atoms with Gasteiger partial charge in [0, 0.05) is 44.8 Å². The van der Waals surface area contributed by atoms with Crippen molar-refractivity contribution in [2.24, 2.45) is 4.99 Å². The molecule has 49 heavy (non-hydrogen) atoms. The first-order valence-corrected chi connectivity index (χ1v) is 17.7. The lowest BCUT2D eigenvalue weighted by molar-refractivity contribution is -0.139. The summed E-state index contributed by atoms with van der Waals surface area (Å²) in [7, 11) is 1.60. The van der Waals surface area contributed by atoms with E-state index in [1.54, 1.807) is 24.7 Å². The number of halogens is 2. The van der Waals surface area contributed by atoms with Crippen LogP contribution in [0.5, 0.6) is 5.75 Å². The number of rotatable bonds is 9. The molecule has 0 saturated carbocycles. The van der Waals surface area contributed by atoms with Crippen LogP contribution in [0.15, 0.2) is 106 Å². The number of esters is 1. The number of carbonyl (C=O) groups is 1. The highest BCUT2D eigenvalue weighted by Crippen LogP contribution is 2.41. The zero-order chi connectivity index (χ0) is 34.2. The number of hydrogen-bond donors (Lipinski definition) is 0. The topological polar surface area (TPSA) is 74.8 Å². The Hall–Kier alpha value is -4.63. The molecule has 0 spiro atoms. The number of benzene rings is 4. The Morgan fingerprint density at radius 1 is 1.00 bits per heavy atom. The summed E-state index contributed by atoms with van der Waals surface area (Å²) >= 11 is 14.0. The predicted molar refractivity (Wildman–Crippen MR) is 198 cm³/mol. The van der Waals surface area contributed by atoms with Gasteiger partial charge in [-0.05, 0) is 60.0 Å². The van der Waals surface area contributed by atoms with Crippen LogP contribution in [0.25, 0.3) is 27.8 Å². The fourth-order valence-electron chi connectivity index (χ4n) is 6.63. The molecule has 0 N–H and O–H groups in total. The average Bonchev–Trinajstić information content (AvgIpc) is 3.61. The largest absolute Gasteiger partial charge is 0.496 e. The van der Waals surface area contributed by atoms with Crippen molar-refractivity contribution in [3.8, 4) is 5.75 Å². The van der Waals surface area contributed by atoms with Crippen LogP contribution in [0, 0.1) is 0 Å². The smallest absolute Gasteiger partial charge is 0.338 e. The molecule has 7 rings (SSSR count). The Labute approximate surface area is 297 Å². The highest BCUT2D eigenvalue weighted by atomic mass is 35.5. The van der Waals surface area contributed by atoms with Crippen molar-refractivity contribution < 1.29 is 14.3 Å². The minimum absolute atomic E-state index is 0.191. The first-order chi connectivity index (χ1) is 23.8. The van der Waals surface area contributed by atoms with Gasteiger partial charge in [0.15, 0.2) is 4.80 Å². The van der Waals surface area contributed by atoms with Crippen LogP contribution in [0.3, 0.4) is 0 Å². The van der Waals surface area contributed by atoms with Crippen molar-refractivity contribution in [1.29, 1.82) is 0 Å². The molecule has 1 atom stereocenters. The summed E-state index contributed by atoms with van der Waals surface area (Å²) in [4.78, 5) is 34.0. The molecule has 248 valence electrons. The number of ether oxygens (including phenoxy) is 2. The highest BCUT2D eigenvalue weighted by molar-refractivity contribution is 7.07. The standard InChI is InChI=1S/C39H33Cl2N3O4S/c1-4-10-30-35(38(46)48-5-2)36(34-28-13-7-6-11-23(28)16-18-32(34)47-3)44-37(45)33(49-39(44)42-30)19-25-22-43(31-14-9-8-12-27(25)31)21-24-15-17-26(40)20-29(24)41/h6-9,11-20,22,36H,4-5,10,21H2,1-3H3/b33-19+. The van der Waals surface area contributed by atoms with E-state index in [4.69, 9.17) is 37.7 Å². The van der Waals surface area contributed by atoms with Gasteiger partial charge in [0.05, 0.1) is 29.5 Å². The van der Waals surface area contributed by atoms with Crippen molar-refractivity contribution in [3.63, 3.8) is 0 Å². The first kappa shape index (κ1) is 32.9. The summed E-state index contributed by atoms with van der Waals surface area (Å²) < 4.78 is 15.8. The van der Waals surface area contributed by atoms with Gasteiger partial charge in [-0.3, -0.25) is 9.36 Å². The van der Waals surface area contributed by atoms with E-state index in [0.29, 0.717) is 49.4 Å². The van der Waals surface area contributed by atoms with Crippen LogP contribution in [-0.4, -0.2) is 28.8 Å². The van der Waals surface area contributed by atoms with E-state index in [1.807, 2.05) is 92.0 Å². The van der Waals surface area contributed by atoms with Crippen LogP contribution >= 0.6 is 34.5 Å². The lowest BCUT2D eigenvalue weighted by atomic mass is 9.90. The third kappa shape index (κ3) is 5.98.